The number of aliphatic carboxylic acids is 1. The number of carboxylic acid groups (broad SMARTS) is 1. The molecular weight excluding hydrogens is 556 g/mol. The molecule has 0 saturated carbocycles. The highest BCUT2D eigenvalue weighted by molar-refractivity contribution is 6.25. The average Bonchev–Trinajstić information content (AvgIpc) is 3.73. The fraction of sp³-hybridized carbons (Fsp3) is 0.343. The standard InChI is InChI=1S/C35H38N4O5/c1-9-22-17(4)20(7)37-26(22)14-24-18(5)23(10-2)27(38-24)15-25-19(6)29-33(39-25)30(31(34(29)42)35(43)44-8)32-21(11-12-28(40)41)13-16(3)36-32/h9,14-15,21,31,37,39H,1,7,10-13H2,2-6,8H3,(H,40,41)/b26-14-,27-15-,32-30-/t21-,31+/m0/s1. The van der Waals surface area contributed by atoms with E-state index in [1.165, 1.54) is 7.11 Å². The van der Waals surface area contributed by atoms with Gasteiger partial charge in [-0.1, -0.05) is 26.2 Å². The maximum atomic E-state index is 13.8. The second kappa shape index (κ2) is 11.7. The summed E-state index contributed by atoms with van der Waals surface area (Å²) >= 11 is 0. The molecule has 0 aromatic carbocycles. The number of carbonyl (C=O) groups excluding carboxylic acids is 2. The molecule has 9 nitrogen and oxygen atoms in total. The molecule has 0 bridgehead atoms. The lowest BCUT2D eigenvalue weighted by Crippen LogP contribution is -2.23. The minimum atomic E-state index is -1.15. The molecule has 0 saturated heterocycles. The Morgan fingerprint density at radius 2 is 1.84 bits per heavy atom. The summed E-state index contributed by atoms with van der Waals surface area (Å²) in [5.74, 6) is -3.28. The molecule has 228 valence electrons. The normalized spacial score (nSPS) is 22.6. The van der Waals surface area contributed by atoms with Crippen LogP contribution in [0.5, 0.6) is 0 Å². The van der Waals surface area contributed by atoms with E-state index < -0.39 is 17.9 Å². The zero-order chi connectivity index (χ0) is 32.0. The van der Waals surface area contributed by atoms with Crippen molar-refractivity contribution in [3.8, 4) is 0 Å². The Bertz CT molecular complexity index is 1910. The number of ketones is 1. The number of methoxy groups -OCH3 is 1. The van der Waals surface area contributed by atoms with Crippen molar-refractivity contribution in [2.45, 2.75) is 60.3 Å². The second-order valence-corrected chi connectivity index (χ2v) is 11.6. The van der Waals surface area contributed by atoms with Gasteiger partial charge < -0.3 is 19.8 Å². The lowest BCUT2D eigenvalue weighted by atomic mass is 9.89. The SMILES string of the molecule is C=Cc1c(C)c(=C)[nH]/c1=C\C1=NC(=C\c2[nH]c3c(c2C)C(=O)[C@H](C(=O)OC)/C3=C2/N=C(C)C[C@@H]2CCC(=O)O)/C(CC)=C1C. The molecule has 9 heteroatoms. The van der Waals surface area contributed by atoms with Gasteiger partial charge >= 0.3 is 11.9 Å². The van der Waals surface area contributed by atoms with E-state index in [-0.39, 0.29) is 18.1 Å². The van der Waals surface area contributed by atoms with Gasteiger partial charge in [-0.2, -0.15) is 0 Å². The van der Waals surface area contributed by atoms with Crippen molar-refractivity contribution < 1.29 is 24.2 Å². The number of nitrogens with zero attached hydrogens (tertiary/aromatic N) is 2. The van der Waals surface area contributed by atoms with Crippen LogP contribution >= 0.6 is 0 Å². The third-order valence-corrected chi connectivity index (χ3v) is 8.95. The summed E-state index contributed by atoms with van der Waals surface area (Å²) in [4.78, 5) is 54.7. The zero-order valence-corrected chi connectivity index (χ0v) is 26.1. The minimum absolute atomic E-state index is 0.0374. The summed E-state index contributed by atoms with van der Waals surface area (Å²) in [5.41, 5.74) is 10.1. The van der Waals surface area contributed by atoms with Crippen LogP contribution in [-0.4, -0.2) is 51.3 Å². The van der Waals surface area contributed by atoms with E-state index in [2.05, 4.69) is 37.0 Å². The number of carboxylic acids is 1. The second-order valence-electron chi connectivity index (χ2n) is 11.6. The summed E-state index contributed by atoms with van der Waals surface area (Å²) in [6.07, 6.45) is 7.42. The first-order valence-electron chi connectivity index (χ1n) is 14.8. The van der Waals surface area contributed by atoms with Gasteiger partial charge in [-0.3, -0.25) is 19.4 Å². The van der Waals surface area contributed by atoms with Crippen LogP contribution in [0.4, 0.5) is 0 Å². The van der Waals surface area contributed by atoms with E-state index in [1.807, 2.05) is 39.0 Å². The van der Waals surface area contributed by atoms with Crippen LogP contribution in [0, 0.1) is 25.7 Å². The van der Waals surface area contributed by atoms with Gasteiger partial charge in [0, 0.05) is 51.1 Å². The van der Waals surface area contributed by atoms with E-state index in [1.54, 1.807) is 0 Å². The van der Waals surface area contributed by atoms with E-state index >= 15 is 0 Å². The molecule has 5 rings (SSSR count). The Labute approximate surface area is 256 Å². The van der Waals surface area contributed by atoms with E-state index in [0.29, 0.717) is 46.6 Å². The number of hydrogen-bond acceptors (Lipinski definition) is 6. The number of aromatic amines is 2. The number of H-pyrrole nitrogens is 2. The maximum absolute atomic E-state index is 13.8. The van der Waals surface area contributed by atoms with Crippen molar-refractivity contribution in [3.05, 3.63) is 73.5 Å². The molecule has 44 heavy (non-hydrogen) atoms. The first kappa shape index (κ1) is 30.7. The number of aliphatic imine (C=N–C) groups is 2. The third-order valence-electron chi connectivity index (χ3n) is 8.95. The fourth-order valence-electron chi connectivity index (χ4n) is 6.59. The quantitative estimate of drug-likeness (QED) is 0.290. The molecule has 0 amide bonds. The maximum Gasteiger partial charge on any atom is 0.321 e. The Hall–Kier alpha value is -4.79. The van der Waals surface area contributed by atoms with Crippen LogP contribution in [0.1, 0.15) is 84.9 Å². The minimum Gasteiger partial charge on any atom is -0.481 e. The Kier molecular flexibility index (Phi) is 8.16. The Morgan fingerprint density at radius 3 is 2.48 bits per heavy atom. The highest BCUT2D eigenvalue weighted by Gasteiger charge is 2.47. The third kappa shape index (κ3) is 5.06. The van der Waals surface area contributed by atoms with E-state index in [0.717, 1.165) is 56.5 Å². The van der Waals surface area contributed by atoms with Gasteiger partial charge in [0.25, 0.3) is 0 Å². The van der Waals surface area contributed by atoms with Crippen molar-refractivity contribution >= 4 is 59.5 Å². The molecule has 0 fully saturated rings. The monoisotopic (exact) mass is 594 g/mol. The first-order chi connectivity index (χ1) is 20.9. The summed E-state index contributed by atoms with van der Waals surface area (Å²) in [7, 11) is 1.26. The molecule has 1 aliphatic carbocycles. The lowest BCUT2D eigenvalue weighted by Gasteiger charge is -2.16. The number of rotatable bonds is 8. The number of nitrogens with one attached hydrogen (secondary N) is 2. The van der Waals surface area contributed by atoms with Crippen molar-refractivity contribution in [2.24, 2.45) is 21.8 Å². The summed E-state index contributed by atoms with van der Waals surface area (Å²) in [6, 6.07) is 0. The van der Waals surface area contributed by atoms with Crippen LogP contribution in [0.2, 0.25) is 0 Å². The number of allylic oxidation sites excluding steroid dienone is 3. The number of Topliss-reactive ketones (excluding diaryl/α,β-unsaturated/α-hetero) is 1. The number of esters is 1. The highest BCUT2D eigenvalue weighted by Crippen LogP contribution is 2.47. The number of carbonyl (C=O) groups is 3. The van der Waals surface area contributed by atoms with Crippen molar-refractivity contribution in [1.82, 2.24) is 9.97 Å². The smallest absolute Gasteiger partial charge is 0.321 e. The predicted octanol–water partition coefficient (Wildman–Crippen LogP) is 5.06. The van der Waals surface area contributed by atoms with Gasteiger partial charge in [-0.25, -0.2) is 4.99 Å². The first-order valence-corrected chi connectivity index (χ1v) is 14.8. The van der Waals surface area contributed by atoms with Gasteiger partial charge in [0.1, 0.15) is 5.92 Å². The van der Waals surface area contributed by atoms with Crippen molar-refractivity contribution in [1.29, 1.82) is 0 Å². The molecule has 0 spiro atoms. The largest absolute Gasteiger partial charge is 0.481 e. The van der Waals surface area contributed by atoms with Gasteiger partial charge in [0.2, 0.25) is 0 Å². The molecule has 0 unspecified atom stereocenters. The number of fused-ring (bicyclic) bond motifs is 1. The molecule has 2 aromatic heterocycles. The zero-order valence-electron chi connectivity index (χ0n) is 26.1. The highest BCUT2D eigenvalue weighted by atomic mass is 16.5. The average molecular weight is 595 g/mol. The topological polar surface area (TPSA) is 137 Å². The molecule has 2 atom stereocenters. The summed E-state index contributed by atoms with van der Waals surface area (Å²) in [6.45, 7) is 17.9. The van der Waals surface area contributed by atoms with Gasteiger partial charge in [0.05, 0.1) is 29.9 Å². The molecular formula is C35H38N4O5. The summed E-state index contributed by atoms with van der Waals surface area (Å²) in [5, 5.41) is 11.1. The van der Waals surface area contributed by atoms with Crippen molar-refractivity contribution in [3.63, 3.8) is 0 Å². The molecule has 0 radical (unpaired) electrons. The predicted molar refractivity (Wildman–Crippen MR) is 174 cm³/mol. The van der Waals surface area contributed by atoms with Gasteiger partial charge in [-0.05, 0) is 81.4 Å². The van der Waals surface area contributed by atoms with Crippen LogP contribution in [0.15, 0.2) is 39.1 Å². The summed E-state index contributed by atoms with van der Waals surface area (Å²) < 4.78 is 5.06. The lowest BCUT2D eigenvalue weighted by molar-refractivity contribution is -0.142. The molecule has 4 heterocycles. The van der Waals surface area contributed by atoms with Crippen molar-refractivity contribution in [2.75, 3.05) is 7.11 Å². The number of aromatic nitrogens is 2. The molecule has 3 N–H and O–H groups in total. The Balaban J connectivity index is 1.65. The fourth-order valence-corrected chi connectivity index (χ4v) is 6.59. The van der Waals surface area contributed by atoms with Crippen LogP contribution in [0.25, 0.3) is 30.4 Å². The van der Waals surface area contributed by atoms with Crippen LogP contribution < -0.4 is 10.7 Å². The number of ether oxygens (including phenoxy) is 1. The Morgan fingerprint density at radius 1 is 1.11 bits per heavy atom. The van der Waals surface area contributed by atoms with Crippen LogP contribution in [-0.2, 0) is 14.3 Å². The number of hydrogen-bond donors (Lipinski definition) is 3. The van der Waals surface area contributed by atoms with Gasteiger partial charge in [-0.15, -0.1) is 0 Å². The molecule has 2 aliphatic heterocycles. The van der Waals surface area contributed by atoms with Gasteiger partial charge in [0.15, 0.2) is 5.78 Å². The van der Waals surface area contributed by atoms with E-state index in [4.69, 9.17) is 14.7 Å². The van der Waals surface area contributed by atoms with E-state index in [9.17, 15) is 19.5 Å². The van der Waals surface area contributed by atoms with Crippen LogP contribution in [0.3, 0.4) is 0 Å². The molecule has 2 aromatic rings. The molecule has 3 aliphatic rings.